The van der Waals surface area contributed by atoms with E-state index in [1.54, 1.807) is 24.3 Å². The Morgan fingerprint density at radius 2 is 1.81 bits per heavy atom. The van der Waals surface area contributed by atoms with E-state index in [9.17, 15) is 9.59 Å². The third kappa shape index (κ3) is 4.18. The number of nitrogens with two attached hydrogens (primary N) is 1. The van der Waals surface area contributed by atoms with Crippen molar-refractivity contribution in [1.82, 2.24) is 0 Å². The maximum absolute atomic E-state index is 10.8. The molecule has 0 saturated carbocycles. The summed E-state index contributed by atoms with van der Waals surface area (Å²) in [6, 6.07) is 5.43. The van der Waals surface area contributed by atoms with Gasteiger partial charge in [-0.05, 0) is 29.3 Å². The number of halogens is 2. The van der Waals surface area contributed by atoms with Crippen molar-refractivity contribution in [2.75, 3.05) is 0 Å². The fourth-order valence-electron chi connectivity index (χ4n) is 1.04. The van der Waals surface area contributed by atoms with Gasteiger partial charge in [0.2, 0.25) is 5.24 Å². The van der Waals surface area contributed by atoms with Crippen molar-refractivity contribution in [3.63, 3.8) is 0 Å². The highest BCUT2D eigenvalue weighted by Gasteiger charge is 2.12. The molecule has 2 N–H and O–H groups in total. The van der Waals surface area contributed by atoms with Crippen LogP contribution in [0.2, 0.25) is 0 Å². The number of ether oxygens (including phenoxy) is 1. The smallest absolute Gasteiger partial charge is 0.308 e. The zero-order valence-corrected chi connectivity index (χ0v) is 10.0. The molecule has 0 radical (unpaired) electrons. The number of esters is 1. The number of carbonyl (C=O) groups excluding carboxylic acids is 2. The van der Waals surface area contributed by atoms with Crippen LogP contribution in [0.4, 0.5) is 0 Å². The van der Waals surface area contributed by atoms with E-state index in [0.717, 1.165) is 0 Å². The van der Waals surface area contributed by atoms with Gasteiger partial charge >= 0.3 is 5.97 Å². The van der Waals surface area contributed by atoms with Crippen molar-refractivity contribution in [3.8, 4) is 5.75 Å². The summed E-state index contributed by atoms with van der Waals surface area (Å²) >= 11 is 5.24. The molecule has 1 atom stereocenters. The summed E-state index contributed by atoms with van der Waals surface area (Å²) in [5, 5.41) is -0.629. The van der Waals surface area contributed by atoms with Crippen LogP contribution >= 0.6 is 24.0 Å². The molecule has 0 heterocycles. The summed E-state index contributed by atoms with van der Waals surface area (Å²) in [5.74, 6) is 0.000870. The van der Waals surface area contributed by atoms with Crippen LogP contribution in [0.1, 0.15) is 18.5 Å². The average Bonchev–Trinajstić information content (AvgIpc) is 2.17. The van der Waals surface area contributed by atoms with Gasteiger partial charge in [0.05, 0.1) is 0 Å². The summed E-state index contributed by atoms with van der Waals surface area (Å²) < 4.78 is 4.81. The van der Waals surface area contributed by atoms with Gasteiger partial charge < -0.3 is 10.5 Å². The molecule has 88 valence electrons. The third-order valence-corrected chi connectivity index (χ3v) is 1.98. The normalized spacial score (nSPS) is 11.2. The van der Waals surface area contributed by atoms with Gasteiger partial charge in [0.1, 0.15) is 11.8 Å². The molecule has 1 aromatic carbocycles. The lowest BCUT2D eigenvalue weighted by Gasteiger charge is -2.07. The van der Waals surface area contributed by atoms with E-state index in [4.69, 9.17) is 22.1 Å². The van der Waals surface area contributed by atoms with Gasteiger partial charge in [-0.15, -0.1) is 12.4 Å². The number of hydrogen-bond acceptors (Lipinski definition) is 4. The molecule has 0 fully saturated rings. The predicted octanol–water partition coefficient (Wildman–Crippen LogP) is 1.80. The Morgan fingerprint density at radius 1 is 1.31 bits per heavy atom. The molecule has 0 aliphatic rings. The van der Waals surface area contributed by atoms with Crippen molar-refractivity contribution >= 4 is 35.2 Å². The lowest BCUT2D eigenvalue weighted by Crippen LogP contribution is -2.16. The minimum Gasteiger partial charge on any atom is -0.427 e. The van der Waals surface area contributed by atoms with Crippen LogP contribution in [0.3, 0.4) is 0 Å². The number of hydrogen-bond donors (Lipinski definition) is 1. The van der Waals surface area contributed by atoms with E-state index in [1.807, 2.05) is 0 Å². The summed E-state index contributed by atoms with van der Waals surface area (Å²) in [7, 11) is 0. The van der Waals surface area contributed by atoms with E-state index in [0.29, 0.717) is 11.3 Å². The Morgan fingerprint density at radius 3 is 2.19 bits per heavy atom. The second kappa shape index (κ2) is 6.48. The summed E-state index contributed by atoms with van der Waals surface area (Å²) in [6.07, 6.45) is 0. The fourth-order valence-corrected chi connectivity index (χ4v) is 1.17. The average molecular weight is 264 g/mol. The van der Waals surface area contributed by atoms with Gasteiger partial charge in [0.15, 0.2) is 0 Å². The monoisotopic (exact) mass is 263 g/mol. The number of rotatable bonds is 3. The quantitative estimate of drug-likeness (QED) is 0.513. The second-order valence-corrected chi connectivity index (χ2v) is 3.32. The van der Waals surface area contributed by atoms with Crippen LogP contribution in [0.25, 0.3) is 0 Å². The number of benzene rings is 1. The maximum atomic E-state index is 10.8. The van der Waals surface area contributed by atoms with Crippen molar-refractivity contribution in [3.05, 3.63) is 29.8 Å². The Kier molecular flexibility index (Phi) is 6.03. The molecular formula is C10H11Cl2NO3. The van der Waals surface area contributed by atoms with Crippen LogP contribution < -0.4 is 10.5 Å². The van der Waals surface area contributed by atoms with E-state index in [-0.39, 0.29) is 12.4 Å². The Bertz CT molecular complexity index is 378. The summed E-state index contributed by atoms with van der Waals surface area (Å²) in [4.78, 5) is 21.4. The molecule has 0 aliphatic carbocycles. The predicted molar refractivity (Wildman–Crippen MR) is 62.8 cm³/mol. The van der Waals surface area contributed by atoms with Gasteiger partial charge in [0, 0.05) is 6.92 Å². The topological polar surface area (TPSA) is 69.4 Å². The second-order valence-electron chi connectivity index (χ2n) is 2.94. The highest BCUT2D eigenvalue weighted by atomic mass is 35.5. The van der Waals surface area contributed by atoms with Crippen LogP contribution in [-0.4, -0.2) is 11.2 Å². The van der Waals surface area contributed by atoms with Gasteiger partial charge in [-0.25, -0.2) is 0 Å². The van der Waals surface area contributed by atoms with E-state index >= 15 is 0 Å². The summed E-state index contributed by atoms with van der Waals surface area (Å²) in [6.45, 7) is 1.31. The van der Waals surface area contributed by atoms with Gasteiger partial charge in [0.25, 0.3) is 0 Å². The molecule has 0 bridgehead atoms. The maximum Gasteiger partial charge on any atom is 0.308 e. The third-order valence-electron chi connectivity index (χ3n) is 1.75. The first-order chi connectivity index (χ1) is 7.00. The number of carbonyl (C=O) groups is 2. The van der Waals surface area contributed by atoms with Gasteiger partial charge in [-0.2, -0.15) is 0 Å². The van der Waals surface area contributed by atoms with E-state index < -0.39 is 17.3 Å². The fraction of sp³-hybridized carbons (Fsp3) is 0.200. The Hall–Kier alpha value is -1.10. The van der Waals surface area contributed by atoms with Crippen LogP contribution in [0.5, 0.6) is 5.75 Å². The van der Waals surface area contributed by atoms with Crippen molar-refractivity contribution in [1.29, 1.82) is 0 Å². The molecule has 16 heavy (non-hydrogen) atoms. The SMILES string of the molecule is CC(=O)Oc1ccc(C(N)C(=O)Cl)cc1.Cl. The minimum atomic E-state index is -0.849. The molecule has 6 heteroatoms. The van der Waals surface area contributed by atoms with E-state index in [2.05, 4.69) is 0 Å². The molecule has 0 spiro atoms. The lowest BCUT2D eigenvalue weighted by molar-refractivity contribution is -0.131. The van der Waals surface area contributed by atoms with Gasteiger partial charge in [-0.1, -0.05) is 12.1 Å². The van der Waals surface area contributed by atoms with Gasteiger partial charge in [-0.3, -0.25) is 9.59 Å². The van der Waals surface area contributed by atoms with Crippen molar-refractivity contribution in [2.45, 2.75) is 13.0 Å². The minimum absolute atomic E-state index is 0. The summed E-state index contributed by atoms with van der Waals surface area (Å²) in [5.41, 5.74) is 6.07. The Labute approximate surface area is 104 Å². The van der Waals surface area contributed by atoms with Crippen molar-refractivity contribution < 1.29 is 14.3 Å². The largest absolute Gasteiger partial charge is 0.427 e. The first-order valence-corrected chi connectivity index (χ1v) is 4.62. The lowest BCUT2D eigenvalue weighted by atomic mass is 10.1. The zero-order chi connectivity index (χ0) is 11.4. The molecule has 1 unspecified atom stereocenters. The molecule has 0 amide bonds. The van der Waals surface area contributed by atoms with Crippen LogP contribution in [0.15, 0.2) is 24.3 Å². The van der Waals surface area contributed by atoms with Crippen LogP contribution in [0, 0.1) is 0 Å². The molecule has 1 rings (SSSR count). The highest BCUT2D eigenvalue weighted by Crippen LogP contribution is 2.17. The first-order valence-electron chi connectivity index (χ1n) is 4.24. The first kappa shape index (κ1) is 14.9. The molecule has 0 aromatic heterocycles. The van der Waals surface area contributed by atoms with Crippen molar-refractivity contribution in [2.24, 2.45) is 5.73 Å². The van der Waals surface area contributed by atoms with E-state index in [1.165, 1.54) is 6.92 Å². The molecule has 4 nitrogen and oxygen atoms in total. The van der Waals surface area contributed by atoms with Crippen LogP contribution in [-0.2, 0) is 9.59 Å². The highest BCUT2D eigenvalue weighted by molar-refractivity contribution is 6.64. The molecule has 0 aliphatic heterocycles. The molecule has 1 aromatic rings. The Balaban J connectivity index is 0.00000225. The molecule has 0 saturated heterocycles. The zero-order valence-electron chi connectivity index (χ0n) is 8.48. The molecular weight excluding hydrogens is 253 g/mol. The standard InChI is InChI=1S/C10H10ClNO3.ClH/c1-6(13)15-8-4-2-7(3-5-8)9(12)10(11)14;/h2-5,9H,12H2,1H3;1H.